The van der Waals surface area contributed by atoms with Crippen molar-refractivity contribution in [3.05, 3.63) is 16.1 Å². The normalized spacial score (nSPS) is 17.7. The van der Waals surface area contributed by atoms with Gasteiger partial charge in [-0.25, -0.2) is 4.98 Å². The van der Waals surface area contributed by atoms with E-state index in [1.54, 1.807) is 11.3 Å². The number of hydrogen-bond acceptors (Lipinski definition) is 5. The maximum Gasteiger partial charge on any atom is 0.304 e. The van der Waals surface area contributed by atoms with Crippen LogP contribution in [0.1, 0.15) is 17.0 Å². The zero-order valence-electron chi connectivity index (χ0n) is 11.3. The van der Waals surface area contributed by atoms with Gasteiger partial charge >= 0.3 is 5.97 Å². The number of hydrogen-bond donors (Lipinski definition) is 1. The molecule has 1 aromatic heterocycles. The van der Waals surface area contributed by atoms with Crippen LogP contribution in [0.4, 0.5) is 0 Å². The predicted molar refractivity (Wildman–Crippen MR) is 75.7 cm³/mol. The van der Waals surface area contributed by atoms with E-state index in [2.05, 4.69) is 21.7 Å². The van der Waals surface area contributed by atoms with Gasteiger partial charge in [0.25, 0.3) is 0 Å². The number of carboxylic acids is 1. The lowest BCUT2D eigenvalue weighted by atomic mass is 10.2. The minimum absolute atomic E-state index is 0.250. The molecule has 0 atom stereocenters. The second-order valence-corrected chi connectivity index (χ2v) is 5.88. The summed E-state index contributed by atoms with van der Waals surface area (Å²) in [5.74, 6) is -0.705. The SMILES string of the molecule is Cc1ncsc1CCN1CCN(CCC(=O)O)CC1. The number of thiazole rings is 1. The quantitative estimate of drug-likeness (QED) is 0.847. The Morgan fingerprint density at radius 3 is 2.47 bits per heavy atom. The molecule has 19 heavy (non-hydrogen) atoms. The summed E-state index contributed by atoms with van der Waals surface area (Å²) in [6.07, 6.45) is 1.33. The Bertz CT molecular complexity index is 414. The van der Waals surface area contributed by atoms with Crippen LogP contribution in [0.5, 0.6) is 0 Å². The van der Waals surface area contributed by atoms with Gasteiger partial charge in [-0.05, 0) is 13.3 Å². The van der Waals surface area contributed by atoms with Crippen LogP contribution in [0.3, 0.4) is 0 Å². The second kappa shape index (κ2) is 6.98. The standard InChI is InChI=1S/C13H21N3O2S/c1-11-12(19-10-14-11)2-4-15-6-8-16(9-7-15)5-3-13(17)18/h10H,2-9H2,1H3,(H,17,18). The number of aromatic nitrogens is 1. The summed E-state index contributed by atoms with van der Waals surface area (Å²) in [7, 11) is 0. The first-order valence-corrected chi connectivity index (χ1v) is 7.58. The van der Waals surface area contributed by atoms with Crippen LogP contribution >= 0.6 is 11.3 Å². The zero-order chi connectivity index (χ0) is 13.7. The van der Waals surface area contributed by atoms with Crippen molar-refractivity contribution in [2.45, 2.75) is 19.8 Å². The van der Waals surface area contributed by atoms with Crippen molar-refractivity contribution in [1.82, 2.24) is 14.8 Å². The van der Waals surface area contributed by atoms with Crippen molar-refractivity contribution in [2.75, 3.05) is 39.3 Å². The van der Waals surface area contributed by atoms with Crippen molar-refractivity contribution in [3.8, 4) is 0 Å². The lowest BCUT2D eigenvalue weighted by Gasteiger charge is -2.34. The molecule has 5 nitrogen and oxygen atoms in total. The first-order valence-electron chi connectivity index (χ1n) is 6.70. The van der Waals surface area contributed by atoms with Crippen LogP contribution in [-0.2, 0) is 11.2 Å². The first kappa shape index (κ1) is 14.4. The van der Waals surface area contributed by atoms with Crippen LogP contribution in [0, 0.1) is 6.92 Å². The Morgan fingerprint density at radius 2 is 1.95 bits per heavy atom. The average molecular weight is 283 g/mol. The molecule has 1 saturated heterocycles. The highest BCUT2D eigenvalue weighted by atomic mass is 32.1. The summed E-state index contributed by atoms with van der Waals surface area (Å²) < 4.78 is 0. The van der Waals surface area contributed by atoms with Gasteiger partial charge in [0.1, 0.15) is 0 Å². The van der Waals surface area contributed by atoms with Crippen molar-refractivity contribution >= 4 is 17.3 Å². The summed E-state index contributed by atoms with van der Waals surface area (Å²) in [5, 5.41) is 8.67. The fourth-order valence-corrected chi connectivity index (χ4v) is 3.09. The molecule has 0 unspecified atom stereocenters. The fourth-order valence-electron chi connectivity index (χ4n) is 2.32. The molecule has 0 aromatic carbocycles. The third-order valence-corrected chi connectivity index (χ3v) is 4.60. The lowest BCUT2D eigenvalue weighted by molar-refractivity contribution is -0.137. The summed E-state index contributed by atoms with van der Waals surface area (Å²) in [5.41, 5.74) is 3.07. The Hall–Kier alpha value is -0.980. The van der Waals surface area contributed by atoms with E-state index in [-0.39, 0.29) is 6.42 Å². The second-order valence-electron chi connectivity index (χ2n) is 4.94. The molecule has 6 heteroatoms. The van der Waals surface area contributed by atoms with Gasteiger partial charge in [0.2, 0.25) is 0 Å². The van der Waals surface area contributed by atoms with Gasteiger partial charge < -0.3 is 14.9 Å². The van der Waals surface area contributed by atoms with Gasteiger partial charge in [-0.2, -0.15) is 0 Å². The smallest absolute Gasteiger partial charge is 0.304 e. The molecule has 0 amide bonds. The van der Waals surface area contributed by atoms with Crippen LogP contribution < -0.4 is 0 Å². The molecule has 2 heterocycles. The first-order chi connectivity index (χ1) is 9.15. The number of aryl methyl sites for hydroxylation is 1. The molecule has 106 valence electrons. The highest BCUT2D eigenvalue weighted by Gasteiger charge is 2.17. The van der Waals surface area contributed by atoms with E-state index < -0.39 is 5.97 Å². The van der Waals surface area contributed by atoms with Crippen molar-refractivity contribution in [1.29, 1.82) is 0 Å². The Kier molecular flexibility index (Phi) is 5.30. The molecular weight excluding hydrogens is 262 g/mol. The maximum absolute atomic E-state index is 10.5. The van der Waals surface area contributed by atoms with Gasteiger partial charge in [0, 0.05) is 44.1 Å². The van der Waals surface area contributed by atoms with E-state index in [9.17, 15) is 4.79 Å². The molecule has 0 saturated carbocycles. The maximum atomic E-state index is 10.5. The summed E-state index contributed by atoms with van der Waals surface area (Å²) >= 11 is 1.74. The minimum Gasteiger partial charge on any atom is -0.481 e. The zero-order valence-corrected chi connectivity index (χ0v) is 12.2. The number of aliphatic carboxylic acids is 1. The van der Waals surface area contributed by atoms with E-state index in [4.69, 9.17) is 5.11 Å². The van der Waals surface area contributed by atoms with Gasteiger partial charge in [0.15, 0.2) is 0 Å². The fraction of sp³-hybridized carbons (Fsp3) is 0.692. The highest BCUT2D eigenvalue weighted by molar-refractivity contribution is 7.09. The molecule has 0 spiro atoms. The van der Waals surface area contributed by atoms with Crippen molar-refractivity contribution in [3.63, 3.8) is 0 Å². The van der Waals surface area contributed by atoms with Gasteiger partial charge in [-0.15, -0.1) is 11.3 Å². The summed E-state index contributed by atoms with van der Waals surface area (Å²) in [6.45, 7) is 7.86. The van der Waals surface area contributed by atoms with Gasteiger partial charge in [0.05, 0.1) is 17.6 Å². The van der Waals surface area contributed by atoms with Gasteiger partial charge in [-0.1, -0.05) is 0 Å². The van der Waals surface area contributed by atoms with Crippen LogP contribution in [0.25, 0.3) is 0 Å². The number of rotatable bonds is 6. The van der Waals surface area contributed by atoms with Crippen LogP contribution in [-0.4, -0.2) is 65.1 Å². The molecule has 2 rings (SSSR count). The molecule has 0 radical (unpaired) electrons. The minimum atomic E-state index is -0.705. The predicted octanol–water partition coefficient (Wildman–Crippen LogP) is 1.09. The monoisotopic (exact) mass is 283 g/mol. The Balaban J connectivity index is 1.66. The van der Waals surface area contributed by atoms with E-state index >= 15 is 0 Å². The van der Waals surface area contributed by atoms with Gasteiger partial charge in [-0.3, -0.25) is 4.79 Å². The molecule has 1 N–H and O–H groups in total. The third-order valence-electron chi connectivity index (χ3n) is 3.61. The number of nitrogens with zero attached hydrogens (tertiary/aromatic N) is 3. The molecule has 1 fully saturated rings. The topological polar surface area (TPSA) is 56.7 Å². The molecule has 1 aliphatic rings. The summed E-state index contributed by atoms with van der Waals surface area (Å²) in [6, 6.07) is 0. The largest absolute Gasteiger partial charge is 0.481 e. The average Bonchev–Trinajstić information content (AvgIpc) is 2.81. The molecule has 0 bridgehead atoms. The van der Waals surface area contributed by atoms with E-state index in [1.165, 1.54) is 4.88 Å². The Labute approximate surface area is 117 Å². The molecular formula is C13H21N3O2S. The van der Waals surface area contributed by atoms with E-state index in [1.807, 2.05) is 5.51 Å². The van der Waals surface area contributed by atoms with Crippen LogP contribution in [0.2, 0.25) is 0 Å². The molecule has 1 aromatic rings. The number of carbonyl (C=O) groups is 1. The third kappa shape index (κ3) is 4.56. The van der Waals surface area contributed by atoms with Crippen molar-refractivity contribution < 1.29 is 9.90 Å². The Morgan fingerprint density at radius 1 is 1.32 bits per heavy atom. The van der Waals surface area contributed by atoms with Crippen LogP contribution in [0.15, 0.2) is 5.51 Å². The lowest BCUT2D eigenvalue weighted by Crippen LogP contribution is -2.47. The highest BCUT2D eigenvalue weighted by Crippen LogP contribution is 2.13. The summed E-state index contributed by atoms with van der Waals surface area (Å²) in [4.78, 5) is 20.9. The van der Waals surface area contributed by atoms with E-state index in [0.29, 0.717) is 6.54 Å². The number of piperazine rings is 1. The molecule has 1 aliphatic heterocycles. The van der Waals surface area contributed by atoms with Crippen molar-refractivity contribution in [2.24, 2.45) is 0 Å². The van der Waals surface area contributed by atoms with E-state index in [0.717, 1.165) is 44.8 Å². The molecule has 0 aliphatic carbocycles. The number of carboxylic acid groups (broad SMARTS) is 1.